The van der Waals surface area contributed by atoms with Crippen LogP contribution in [0.25, 0.3) is 0 Å². The van der Waals surface area contributed by atoms with E-state index >= 15 is 0 Å². The van der Waals surface area contributed by atoms with E-state index in [0.717, 1.165) is 54.0 Å². The van der Waals surface area contributed by atoms with E-state index in [-0.39, 0.29) is 18.0 Å². The smallest absolute Gasteiger partial charge is 0.335 e. The Labute approximate surface area is 226 Å². The van der Waals surface area contributed by atoms with Crippen LogP contribution in [0.1, 0.15) is 41.3 Å². The van der Waals surface area contributed by atoms with Crippen LogP contribution in [0.2, 0.25) is 0 Å². The number of carbonyl (C=O) groups is 1. The van der Waals surface area contributed by atoms with Crippen LogP contribution in [0.5, 0.6) is 11.5 Å². The van der Waals surface area contributed by atoms with E-state index in [0.29, 0.717) is 18.3 Å². The maximum atomic E-state index is 11.0. The standard InChI is InChI=1S/C28H29BrN2O4.ClH/c1-2-34-30-27(21-5-9-24(29)10-6-21)22-15-17-31(18-16-22)19-20-3-11-25(12-4-20)35-26-13-7-23(8-14-26)28(32)33;/h3-14,22H,2,15-19H2,1H3,(H,32,33);1H/b30-27+;. The molecule has 0 aromatic heterocycles. The fourth-order valence-electron chi connectivity index (χ4n) is 4.20. The number of hydrogen-bond donors (Lipinski definition) is 1. The number of piperidine rings is 1. The third-order valence-corrected chi connectivity index (χ3v) is 6.60. The van der Waals surface area contributed by atoms with Gasteiger partial charge in [0.2, 0.25) is 0 Å². The van der Waals surface area contributed by atoms with Gasteiger partial charge in [0.15, 0.2) is 0 Å². The van der Waals surface area contributed by atoms with Crippen molar-refractivity contribution in [2.45, 2.75) is 26.3 Å². The summed E-state index contributed by atoms with van der Waals surface area (Å²) in [5.41, 5.74) is 3.63. The maximum Gasteiger partial charge on any atom is 0.335 e. The van der Waals surface area contributed by atoms with E-state index in [4.69, 9.17) is 14.7 Å². The van der Waals surface area contributed by atoms with Gasteiger partial charge in [0.25, 0.3) is 0 Å². The van der Waals surface area contributed by atoms with Gasteiger partial charge in [-0.2, -0.15) is 0 Å². The Morgan fingerprint density at radius 3 is 2.06 bits per heavy atom. The Bertz CT molecular complexity index is 1140. The number of benzene rings is 3. The number of hydrogen-bond acceptors (Lipinski definition) is 5. The largest absolute Gasteiger partial charge is 0.478 e. The number of carboxylic acids is 1. The van der Waals surface area contributed by atoms with E-state index in [9.17, 15) is 4.79 Å². The van der Waals surface area contributed by atoms with E-state index in [1.807, 2.05) is 31.2 Å². The number of nitrogens with zero attached hydrogens (tertiary/aromatic N) is 2. The lowest BCUT2D eigenvalue weighted by molar-refractivity contribution is 0.0697. The molecular formula is C28H30BrClN2O4. The molecule has 3 aromatic carbocycles. The van der Waals surface area contributed by atoms with Crippen LogP contribution in [0.15, 0.2) is 82.4 Å². The van der Waals surface area contributed by atoms with Crippen molar-refractivity contribution in [1.29, 1.82) is 0 Å². The second-order valence-electron chi connectivity index (χ2n) is 8.53. The summed E-state index contributed by atoms with van der Waals surface area (Å²) >= 11 is 3.51. The number of oxime groups is 1. The average molecular weight is 574 g/mol. The summed E-state index contributed by atoms with van der Waals surface area (Å²) in [5.74, 6) is 0.764. The van der Waals surface area contributed by atoms with E-state index in [1.54, 1.807) is 12.1 Å². The highest BCUT2D eigenvalue weighted by molar-refractivity contribution is 9.10. The molecule has 3 aromatic rings. The average Bonchev–Trinajstić information content (AvgIpc) is 2.88. The lowest BCUT2D eigenvalue weighted by atomic mass is 9.88. The Hall–Kier alpha value is -2.87. The summed E-state index contributed by atoms with van der Waals surface area (Å²) < 4.78 is 6.90. The van der Waals surface area contributed by atoms with Crippen molar-refractivity contribution in [2.24, 2.45) is 11.1 Å². The number of rotatable bonds is 9. The molecule has 8 heteroatoms. The number of aromatic carboxylic acids is 1. The van der Waals surface area contributed by atoms with Crippen molar-refractivity contribution in [3.8, 4) is 11.5 Å². The predicted molar refractivity (Wildman–Crippen MR) is 147 cm³/mol. The summed E-state index contributed by atoms with van der Waals surface area (Å²) in [6, 6.07) is 22.8. The Morgan fingerprint density at radius 2 is 1.50 bits per heavy atom. The number of ether oxygens (including phenoxy) is 1. The predicted octanol–water partition coefficient (Wildman–Crippen LogP) is 7.01. The molecule has 4 rings (SSSR count). The minimum atomic E-state index is -0.948. The molecule has 190 valence electrons. The molecule has 1 fully saturated rings. The minimum Gasteiger partial charge on any atom is -0.478 e. The van der Waals surface area contributed by atoms with E-state index in [2.05, 4.69) is 50.3 Å². The molecule has 0 bridgehead atoms. The zero-order valence-electron chi connectivity index (χ0n) is 20.1. The Kier molecular flexibility index (Phi) is 10.3. The monoisotopic (exact) mass is 572 g/mol. The van der Waals surface area contributed by atoms with Crippen LogP contribution in [-0.2, 0) is 11.4 Å². The summed E-state index contributed by atoms with van der Waals surface area (Å²) in [5, 5.41) is 13.5. The quantitative estimate of drug-likeness (QED) is 0.220. The molecule has 1 aliphatic heterocycles. The van der Waals surface area contributed by atoms with Gasteiger partial charge in [-0.1, -0.05) is 45.4 Å². The molecule has 0 saturated carbocycles. The van der Waals surface area contributed by atoms with Gasteiger partial charge in [0.05, 0.1) is 11.3 Å². The Balaban J connectivity index is 0.00000361. The third kappa shape index (κ3) is 7.56. The molecule has 0 aliphatic carbocycles. The van der Waals surface area contributed by atoms with Gasteiger partial charge in [-0.05, 0) is 92.5 Å². The zero-order valence-corrected chi connectivity index (χ0v) is 22.5. The lowest BCUT2D eigenvalue weighted by Gasteiger charge is -2.32. The normalized spacial score (nSPS) is 14.7. The highest BCUT2D eigenvalue weighted by Crippen LogP contribution is 2.26. The highest BCUT2D eigenvalue weighted by Gasteiger charge is 2.25. The first-order valence-corrected chi connectivity index (χ1v) is 12.6. The van der Waals surface area contributed by atoms with Gasteiger partial charge in [-0.15, -0.1) is 12.4 Å². The fraction of sp³-hybridized carbons (Fsp3) is 0.286. The summed E-state index contributed by atoms with van der Waals surface area (Å²) in [6.45, 7) is 5.40. The van der Waals surface area contributed by atoms with Crippen LogP contribution in [0.3, 0.4) is 0 Å². The van der Waals surface area contributed by atoms with Gasteiger partial charge in [0.1, 0.15) is 18.1 Å². The SMILES string of the molecule is CCO/N=C(\c1ccc(Br)cc1)C1CCN(Cc2ccc(Oc3ccc(C(=O)O)cc3)cc2)CC1.Cl. The highest BCUT2D eigenvalue weighted by atomic mass is 79.9. The van der Waals surface area contributed by atoms with E-state index in [1.165, 1.54) is 17.7 Å². The molecule has 0 atom stereocenters. The minimum absolute atomic E-state index is 0. The number of carboxylic acid groups (broad SMARTS) is 1. The van der Waals surface area contributed by atoms with Crippen molar-refractivity contribution in [3.63, 3.8) is 0 Å². The fourth-order valence-corrected chi connectivity index (χ4v) is 4.47. The summed E-state index contributed by atoms with van der Waals surface area (Å²) in [7, 11) is 0. The van der Waals surface area contributed by atoms with Gasteiger partial charge in [0, 0.05) is 16.9 Å². The molecular weight excluding hydrogens is 544 g/mol. The topological polar surface area (TPSA) is 71.4 Å². The summed E-state index contributed by atoms with van der Waals surface area (Å²) in [6.07, 6.45) is 2.07. The van der Waals surface area contributed by atoms with Crippen molar-refractivity contribution >= 4 is 40.0 Å². The van der Waals surface area contributed by atoms with E-state index < -0.39 is 5.97 Å². The second kappa shape index (κ2) is 13.4. The molecule has 1 saturated heterocycles. The van der Waals surface area contributed by atoms with Crippen molar-refractivity contribution in [3.05, 3.63) is 94.0 Å². The van der Waals surface area contributed by atoms with Crippen LogP contribution in [0.4, 0.5) is 0 Å². The summed E-state index contributed by atoms with van der Waals surface area (Å²) in [4.78, 5) is 18.9. The van der Waals surface area contributed by atoms with Crippen molar-refractivity contribution in [1.82, 2.24) is 4.90 Å². The molecule has 0 radical (unpaired) electrons. The number of likely N-dealkylation sites (tertiary alicyclic amines) is 1. The van der Waals surface area contributed by atoms with Gasteiger partial charge in [-0.3, -0.25) is 4.90 Å². The Morgan fingerprint density at radius 1 is 0.944 bits per heavy atom. The first-order chi connectivity index (χ1) is 17.0. The molecule has 0 spiro atoms. The van der Waals surface area contributed by atoms with Crippen molar-refractivity contribution < 1.29 is 19.5 Å². The zero-order chi connectivity index (χ0) is 24.6. The lowest BCUT2D eigenvalue weighted by Crippen LogP contribution is -2.36. The molecule has 1 aliphatic rings. The molecule has 1 heterocycles. The molecule has 0 unspecified atom stereocenters. The number of halogens is 2. The second-order valence-corrected chi connectivity index (χ2v) is 9.44. The van der Waals surface area contributed by atoms with Gasteiger partial charge < -0.3 is 14.7 Å². The van der Waals surface area contributed by atoms with Crippen LogP contribution < -0.4 is 4.74 Å². The van der Waals surface area contributed by atoms with Crippen LogP contribution in [0, 0.1) is 5.92 Å². The molecule has 36 heavy (non-hydrogen) atoms. The molecule has 6 nitrogen and oxygen atoms in total. The van der Waals surface area contributed by atoms with Gasteiger partial charge >= 0.3 is 5.97 Å². The van der Waals surface area contributed by atoms with Gasteiger partial charge in [-0.25, -0.2) is 4.79 Å². The third-order valence-electron chi connectivity index (χ3n) is 6.07. The maximum absolute atomic E-state index is 11.0. The van der Waals surface area contributed by atoms with Crippen LogP contribution in [-0.4, -0.2) is 41.4 Å². The molecule has 1 N–H and O–H groups in total. The van der Waals surface area contributed by atoms with Crippen LogP contribution >= 0.6 is 28.3 Å². The first kappa shape index (κ1) is 27.7. The van der Waals surface area contributed by atoms with Crippen molar-refractivity contribution in [2.75, 3.05) is 19.7 Å². The first-order valence-electron chi connectivity index (χ1n) is 11.8. The molecule has 0 amide bonds.